The van der Waals surface area contributed by atoms with Crippen molar-refractivity contribution in [2.24, 2.45) is 0 Å². The van der Waals surface area contributed by atoms with Gasteiger partial charge >= 0.3 is 6.09 Å². The Kier molecular flexibility index (Phi) is 5.21. The molecule has 1 unspecified atom stereocenters. The van der Waals surface area contributed by atoms with Gasteiger partial charge in [-0.15, -0.1) is 0 Å². The number of phenolic OH excluding ortho intramolecular Hbond substituents is 1. The number of rotatable bonds is 3. The molecule has 0 saturated heterocycles. The van der Waals surface area contributed by atoms with Crippen LogP contribution in [0.15, 0.2) is 48.5 Å². The van der Waals surface area contributed by atoms with Crippen LogP contribution in [0.4, 0.5) is 4.79 Å². The van der Waals surface area contributed by atoms with Gasteiger partial charge in [-0.2, -0.15) is 0 Å². The van der Waals surface area contributed by atoms with Crippen LogP contribution < -0.4 is 0 Å². The Morgan fingerprint density at radius 2 is 1.88 bits per heavy atom. The fraction of sp³-hybridized carbons (Fsp3) is 0.409. The first-order chi connectivity index (χ1) is 12.3. The van der Waals surface area contributed by atoms with Crippen molar-refractivity contribution in [2.75, 3.05) is 0 Å². The van der Waals surface area contributed by atoms with E-state index in [0.29, 0.717) is 6.54 Å². The second-order valence-electron chi connectivity index (χ2n) is 7.94. The second-order valence-corrected chi connectivity index (χ2v) is 7.94. The number of hydrogen-bond donors (Lipinski definition) is 1. The minimum atomic E-state index is -0.518. The van der Waals surface area contributed by atoms with E-state index in [-0.39, 0.29) is 17.9 Å². The molecule has 0 spiro atoms. The summed E-state index contributed by atoms with van der Waals surface area (Å²) in [5, 5.41) is 9.81. The molecule has 3 rings (SSSR count). The molecule has 1 N–H and O–H groups in total. The molecule has 0 aromatic heterocycles. The van der Waals surface area contributed by atoms with Crippen molar-refractivity contribution in [3.8, 4) is 5.75 Å². The first-order valence-electron chi connectivity index (χ1n) is 9.16. The third kappa shape index (κ3) is 4.57. The number of aryl methyl sites for hydroxylation is 1. The number of amides is 1. The van der Waals surface area contributed by atoms with E-state index < -0.39 is 5.60 Å². The maximum Gasteiger partial charge on any atom is 0.410 e. The summed E-state index contributed by atoms with van der Waals surface area (Å²) >= 11 is 0. The minimum absolute atomic E-state index is 0.0550. The van der Waals surface area contributed by atoms with Crippen molar-refractivity contribution in [1.29, 1.82) is 0 Å². The van der Waals surface area contributed by atoms with Gasteiger partial charge in [0.25, 0.3) is 0 Å². The van der Waals surface area contributed by atoms with Gasteiger partial charge in [0, 0.05) is 12.6 Å². The Labute approximate surface area is 155 Å². The molecule has 4 nitrogen and oxygen atoms in total. The number of carbonyl (C=O) groups excluding carboxylic acids is 1. The average Bonchev–Trinajstić information content (AvgIpc) is 2.58. The van der Waals surface area contributed by atoms with Gasteiger partial charge in [-0.1, -0.05) is 36.4 Å². The number of fused-ring (bicyclic) bond motifs is 1. The van der Waals surface area contributed by atoms with E-state index in [1.807, 2.05) is 56.0 Å². The van der Waals surface area contributed by atoms with Crippen LogP contribution in [-0.4, -0.2) is 27.7 Å². The molecule has 0 fully saturated rings. The van der Waals surface area contributed by atoms with E-state index in [4.69, 9.17) is 4.74 Å². The van der Waals surface area contributed by atoms with E-state index in [1.165, 1.54) is 5.56 Å². The molecular formula is C22H27NO3. The van der Waals surface area contributed by atoms with Crippen molar-refractivity contribution < 1.29 is 14.6 Å². The molecule has 1 aliphatic rings. The first kappa shape index (κ1) is 18.3. The van der Waals surface area contributed by atoms with E-state index in [2.05, 4.69) is 12.1 Å². The summed E-state index contributed by atoms with van der Waals surface area (Å²) in [7, 11) is 0. The van der Waals surface area contributed by atoms with Gasteiger partial charge < -0.3 is 14.7 Å². The Morgan fingerprint density at radius 3 is 2.58 bits per heavy atom. The molecule has 1 heterocycles. The van der Waals surface area contributed by atoms with Gasteiger partial charge in [-0.3, -0.25) is 0 Å². The van der Waals surface area contributed by atoms with Crippen molar-refractivity contribution in [3.05, 3.63) is 65.2 Å². The quantitative estimate of drug-likeness (QED) is 0.871. The smallest absolute Gasteiger partial charge is 0.410 e. The Morgan fingerprint density at radius 1 is 1.15 bits per heavy atom. The van der Waals surface area contributed by atoms with Crippen LogP contribution in [0.5, 0.6) is 5.75 Å². The summed E-state index contributed by atoms with van der Waals surface area (Å²) in [4.78, 5) is 14.6. The summed E-state index contributed by atoms with van der Waals surface area (Å²) in [6.07, 6.45) is 2.22. The molecule has 0 radical (unpaired) electrons. The van der Waals surface area contributed by atoms with Crippen LogP contribution in [0.1, 0.15) is 43.9 Å². The molecular weight excluding hydrogens is 326 g/mol. The molecule has 4 heteroatoms. The molecule has 1 atom stereocenters. The minimum Gasteiger partial charge on any atom is -0.508 e. The molecule has 1 aliphatic heterocycles. The molecule has 0 aliphatic carbocycles. The van der Waals surface area contributed by atoms with Crippen LogP contribution in [-0.2, 0) is 24.1 Å². The van der Waals surface area contributed by atoms with E-state index in [0.717, 1.165) is 30.4 Å². The normalized spacial score (nSPS) is 16.9. The summed E-state index contributed by atoms with van der Waals surface area (Å²) in [5.41, 5.74) is 2.93. The summed E-state index contributed by atoms with van der Waals surface area (Å²) in [6.45, 7) is 6.18. The average molecular weight is 353 g/mol. The molecule has 2 aromatic rings. The summed E-state index contributed by atoms with van der Waals surface area (Å²) < 4.78 is 5.64. The van der Waals surface area contributed by atoms with E-state index in [9.17, 15) is 9.90 Å². The third-order valence-corrected chi connectivity index (χ3v) is 4.66. The SMILES string of the molecule is CC(C)(C)OC(=O)N1Cc2ccc(O)cc2CC1CCc1ccccc1. The molecule has 2 aromatic carbocycles. The van der Waals surface area contributed by atoms with Crippen molar-refractivity contribution in [3.63, 3.8) is 0 Å². The summed E-state index contributed by atoms with van der Waals surface area (Å²) in [6, 6.07) is 15.8. The predicted octanol–water partition coefficient (Wildman–Crippen LogP) is 4.69. The highest BCUT2D eigenvalue weighted by Crippen LogP contribution is 2.29. The lowest BCUT2D eigenvalue weighted by atomic mass is 9.90. The van der Waals surface area contributed by atoms with Crippen LogP contribution in [0, 0.1) is 0 Å². The van der Waals surface area contributed by atoms with Gasteiger partial charge in [0.15, 0.2) is 0 Å². The zero-order valence-corrected chi connectivity index (χ0v) is 15.7. The maximum atomic E-state index is 12.8. The standard InChI is InChI=1S/C22H27NO3/c1-22(2,3)26-21(25)23-15-17-10-12-20(24)14-18(17)13-19(23)11-9-16-7-5-4-6-8-16/h4-8,10,12,14,19,24H,9,11,13,15H2,1-3H3. The number of carbonyl (C=O) groups is 1. The highest BCUT2D eigenvalue weighted by atomic mass is 16.6. The molecule has 0 bridgehead atoms. The highest BCUT2D eigenvalue weighted by Gasteiger charge is 2.32. The predicted molar refractivity (Wildman–Crippen MR) is 102 cm³/mol. The van der Waals surface area contributed by atoms with Crippen LogP contribution in [0.2, 0.25) is 0 Å². The Balaban J connectivity index is 1.80. The van der Waals surface area contributed by atoms with Gasteiger partial charge in [0.2, 0.25) is 0 Å². The number of ether oxygens (including phenoxy) is 1. The topological polar surface area (TPSA) is 49.8 Å². The lowest BCUT2D eigenvalue weighted by molar-refractivity contribution is 0.0110. The highest BCUT2D eigenvalue weighted by molar-refractivity contribution is 5.69. The van der Waals surface area contributed by atoms with Gasteiger partial charge in [-0.05, 0) is 68.9 Å². The number of benzene rings is 2. The zero-order valence-electron chi connectivity index (χ0n) is 15.7. The fourth-order valence-electron chi connectivity index (χ4n) is 3.40. The Bertz CT molecular complexity index is 765. The van der Waals surface area contributed by atoms with Crippen molar-refractivity contribution in [2.45, 2.75) is 58.2 Å². The van der Waals surface area contributed by atoms with Crippen LogP contribution in [0.25, 0.3) is 0 Å². The van der Waals surface area contributed by atoms with Crippen molar-refractivity contribution >= 4 is 6.09 Å². The van der Waals surface area contributed by atoms with E-state index >= 15 is 0 Å². The molecule has 0 saturated carbocycles. The number of phenols is 1. The lowest BCUT2D eigenvalue weighted by Crippen LogP contribution is -2.46. The second kappa shape index (κ2) is 7.40. The summed E-state index contributed by atoms with van der Waals surface area (Å²) in [5.74, 6) is 0.274. The first-order valence-corrected chi connectivity index (χ1v) is 9.16. The van der Waals surface area contributed by atoms with Crippen molar-refractivity contribution in [1.82, 2.24) is 4.90 Å². The van der Waals surface area contributed by atoms with Crippen LogP contribution >= 0.6 is 0 Å². The number of aromatic hydroxyl groups is 1. The van der Waals surface area contributed by atoms with Gasteiger partial charge in [-0.25, -0.2) is 4.79 Å². The van der Waals surface area contributed by atoms with Gasteiger partial charge in [0.05, 0.1) is 0 Å². The monoisotopic (exact) mass is 353 g/mol. The lowest BCUT2D eigenvalue weighted by Gasteiger charge is -2.38. The Hall–Kier alpha value is -2.49. The molecule has 26 heavy (non-hydrogen) atoms. The zero-order chi connectivity index (χ0) is 18.7. The van der Waals surface area contributed by atoms with E-state index in [1.54, 1.807) is 6.07 Å². The number of nitrogens with zero attached hydrogens (tertiary/aromatic N) is 1. The third-order valence-electron chi connectivity index (χ3n) is 4.66. The molecule has 138 valence electrons. The van der Waals surface area contributed by atoms with Gasteiger partial charge in [0.1, 0.15) is 11.4 Å². The molecule has 1 amide bonds. The maximum absolute atomic E-state index is 12.8. The van der Waals surface area contributed by atoms with Crippen LogP contribution in [0.3, 0.4) is 0 Å². The number of hydrogen-bond acceptors (Lipinski definition) is 3. The fourth-order valence-corrected chi connectivity index (χ4v) is 3.40. The largest absolute Gasteiger partial charge is 0.508 e.